The maximum Gasteiger partial charge on any atom is 0.339 e. The Bertz CT molecular complexity index is 765. The summed E-state index contributed by atoms with van der Waals surface area (Å²) in [7, 11) is 0. The van der Waals surface area contributed by atoms with Gasteiger partial charge in [0, 0.05) is 12.6 Å². The molecule has 1 amide bonds. The lowest BCUT2D eigenvalue weighted by molar-refractivity contribution is 0.0692. The topological polar surface area (TPSA) is 147 Å². The van der Waals surface area contributed by atoms with Gasteiger partial charge in [0.25, 0.3) is 5.91 Å². The molecule has 120 valence electrons. The second kappa shape index (κ2) is 6.14. The molecule has 8 heteroatoms. The van der Waals surface area contributed by atoms with Gasteiger partial charge in [-0.25, -0.2) is 4.79 Å². The molecule has 23 heavy (non-hydrogen) atoms. The first-order valence-corrected chi connectivity index (χ1v) is 6.37. The van der Waals surface area contributed by atoms with Crippen molar-refractivity contribution in [3.05, 3.63) is 47.0 Å². The third-order valence-corrected chi connectivity index (χ3v) is 3.00. The Labute approximate surface area is 129 Å². The van der Waals surface area contributed by atoms with Crippen LogP contribution in [0.25, 0.3) is 0 Å². The third kappa shape index (κ3) is 3.62. The number of nitrogens with one attached hydrogen (secondary N) is 1. The summed E-state index contributed by atoms with van der Waals surface area (Å²) in [5.74, 6) is -3.83. The third-order valence-electron chi connectivity index (χ3n) is 3.00. The van der Waals surface area contributed by atoms with E-state index in [-0.39, 0.29) is 23.6 Å². The zero-order valence-corrected chi connectivity index (χ0v) is 11.6. The molecule has 0 aromatic heterocycles. The minimum Gasteiger partial charge on any atom is -0.508 e. The molecule has 0 aliphatic rings. The van der Waals surface area contributed by atoms with Crippen molar-refractivity contribution in [1.82, 2.24) is 5.32 Å². The molecule has 2 aromatic carbocycles. The van der Waals surface area contributed by atoms with Gasteiger partial charge >= 0.3 is 5.97 Å². The predicted molar refractivity (Wildman–Crippen MR) is 77.7 cm³/mol. The molecule has 0 radical (unpaired) electrons. The Morgan fingerprint density at radius 1 is 0.826 bits per heavy atom. The summed E-state index contributed by atoms with van der Waals surface area (Å²) in [6.45, 7) is -0.0678. The van der Waals surface area contributed by atoms with Crippen LogP contribution < -0.4 is 5.32 Å². The largest absolute Gasteiger partial charge is 0.508 e. The van der Waals surface area contributed by atoms with E-state index in [0.717, 1.165) is 18.2 Å². The first kappa shape index (κ1) is 16.0. The van der Waals surface area contributed by atoms with Gasteiger partial charge in [0.2, 0.25) is 0 Å². The first-order valence-electron chi connectivity index (χ1n) is 6.37. The van der Waals surface area contributed by atoms with Gasteiger partial charge in [-0.15, -0.1) is 0 Å². The van der Waals surface area contributed by atoms with Crippen LogP contribution in [0.5, 0.6) is 23.0 Å². The Morgan fingerprint density at radius 2 is 1.35 bits per heavy atom. The summed E-state index contributed by atoms with van der Waals surface area (Å²) in [5.41, 5.74) is -0.435. The van der Waals surface area contributed by atoms with Crippen molar-refractivity contribution >= 4 is 11.9 Å². The Balaban J connectivity index is 2.18. The Kier molecular flexibility index (Phi) is 4.26. The van der Waals surface area contributed by atoms with Crippen molar-refractivity contribution in [3.63, 3.8) is 0 Å². The molecular formula is C15H13NO7. The van der Waals surface area contributed by atoms with Crippen molar-refractivity contribution in [2.45, 2.75) is 6.54 Å². The van der Waals surface area contributed by atoms with Gasteiger partial charge in [-0.2, -0.15) is 0 Å². The van der Waals surface area contributed by atoms with E-state index < -0.39 is 28.9 Å². The van der Waals surface area contributed by atoms with Crippen LogP contribution in [0.2, 0.25) is 0 Å². The van der Waals surface area contributed by atoms with Crippen molar-refractivity contribution in [2.24, 2.45) is 0 Å². The molecule has 0 fully saturated rings. The van der Waals surface area contributed by atoms with Crippen LogP contribution in [0.3, 0.4) is 0 Å². The molecule has 0 saturated heterocycles. The fourth-order valence-corrected chi connectivity index (χ4v) is 1.97. The van der Waals surface area contributed by atoms with E-state index in [2.05, 4.69) is 5.32 Å². The molecule has 2 aromatic rings. The second-order valence-electron chi connectivity index (χ2n) is 4.73. The summed E-state index contributed by atoms with van der Waals surface area (Å²) in [6, 6.07) is 5.39. The molecule has 0 unspecified atom stereocenters. The predicted octanol–water partition coefficient (Wildman–Crippen LogP) is 1.14. The lowest BCUT2D eigenvalue weighted by atomic mass is 10.1. The molecule has 0 bridgehead atoms. The molecule has 0 heterocycles. The number of carboxylic acid groups (broad SMARTS) is 1. The van der Waals surface area contributed by atoms with Gasteiger partial charge in [0.15, 0.2) is 0 Å². The highest BCUT2D eigenvalue weighted by Gasteiger charge is 2.18. The number of aromatic hydroxyl groups is 4. The van der Waals surface area contributed by atoms with Gasteiger partial charge in [-0.05, 0) is 29.8 Å². The number of hydrogen-bond donors (Lipinski definition) is 6. The fraction of sp³-hybridized carbons (Fsp3) is 0.0667. The van der Waals surface area contributed by atoms with Crippen molar-refractivity contribution in [1.29, 1.82) is 0 Å². The molecule has 0 aliphatic carbocycles. The molecule has 6 N–H and O–H groups in total. The summed E-state index contributed by atoms with van der Waals surface area (Å²) >= 11 is 0. The molecule has 0 saturated carbocycles. The highest BCUT2D eigenvalue weighted by atomic mass is 16.4. The smallest absolute Gasteiger partial charge is 0.339 e. The summed E-state index contributed by atoms with van der Waals surface area (Å²) in [6.07, 6.45) is 0. The van der Waals surface area contributed by atoms with Gasteiger partial charge in [-0.1, -0.05) is 0 Å². The van der Waals surface area contributed by atoms with Crippen LogP contribution in [0.15, 0.2) is 30.3 Å². The molecule has 0 atom stereocenters. The number of hydrogen-bond acceptors (Lipinski definition) is 6. The average Bonchev–Trinajstić information content (AvgIpc) is 2.45. The average molecular weight is 319 g/mol. The number of rotatable bonds is 4. The number of benzene rings is 2. The van der Waals surface area contributed by atoms with E-state index in [1.807, 2.05) is 0 Å². The van der Waals surface area contributed by atoms with Gasteiger partial charge < -0.3 is 30.8 Å². The lowest BCUT2D eigenvalue weighted by Crippen LogP contribution is -2.23. The van der Waals surface area contributed by atoms with Crippen LogP contribution >= 0.6 is 0 Å². The number of phenolic OH excluding ortho intramolecular Hbond substituents is 3. The minimum absolute atomic E-state index is 0.0678. The van der Waals surface area contributed by atoms with E-state index in [4.69, 9.17) is 5.11 Å². The maximum absolute atomic E-state index is 12.0. The summed E-state index contributed by atoms with van der Waals surface area (Å²) in [4.78, 5) is 22.8. The van der Waals surface area contributed by atoms with Crippen molar-refractivity contribution in [3.8, 4) is 23.0 Å². The van der Waals surface area contributed by atoms with E-state index in [1.54, 1.807) is 0 Å². The first-order chi connectivity index (χ1) is 10.8. The number of carbonyl (C=O) groups excluding carboxylic acids is 1. The summed E-state index contributed by atoms with van der Waals surface area (Å²) in [5, 5.41) is 49.1. The van der Waals surface area contributed by atoms with Crippen LogP contribution in [0.1, 0.15) is 26.3 Å². The molecule has 0 spiro atoms. The van der Waals surface area contributed by atoms with Crippen LogP contribution in [0, 0.1) is 0 Å². The minimum atomic E-state index is -1.44. The standard InChI is InChI=1S/C15H13NO7/c17-8-1-7(2-9(18)3-8)6-16-14(21)10-4-13(20)11(15(22)23)5-12(10)19/h1-5,17-20H,6H2,(H,16,21)(H,22,23). The Hall–Kier alpha value is -3.42. The second-order valence-corrected chi connectivity index (χ2v) is 4.73. The number of carboxylic acids is 1. The normalized spacial score (nSPS) is 10.3. The number of phenols is 4. The molecular weight excluding hydrogens is 306 g/mol. The van der Waals surface area contributed by atoms with E-state index in [0.29, 0.717) is 5.56 Å². The Morgan fingerprint density at radius 3 is 1.91 bits per heavy atom. The van der Waals surface area contributed by atoms with E-state index >= 15 is 0 Å². The van der Waals surface area contributed by atoms with E-state index in [1.165, 1.54) is 12.1 Å². The molecule has 0 aliphatic heterocycles. The number of carbonyl (C=O) groups is 2. The van der Waals surface area contributed by atoms with Gasteiger partial charge in [0.1, 0.15) is 28.6 Å². The molecule has 8 nitrogen and oxygen atoms in total. The zero-order valence-electron chi connectivity index (χ0n) is 11.6. The van der Waals surface area contributed by atoms with E-state index in [9.17, 15) is 30.0 Å². The number of amides is 1. The monoisotopic (exact) mass is 319 g/mol. The van der Waals surface area contributed by atoms with Gasteiger partial charge in [-0.3, -0.25) is 4.79 Å². The lowest BCUT2D eigenvalue weighted by Gasteiger charge is -2.09. The quantitative estimate of drug-likeness (QED) is 0.463. The highest BCUT2D eigenvalue weighted by molar-refractivity contribution is 6.00. The SMILES string of the molecule is O=C(O)c1cc(O)c(C(=O)NCc2cc(O)cc(O)c2)cc1O. The molecule has 2 rings (SSSR count). The van der Waals surface area contributed by atoms with Crippen molar-refractivity contribution < 1.29 is 35.1 Å². The highest BCUT2D eigenvalue weighted by Crippen LogP contribution is 2.27. The van der Waals surface area contributed by atoms with Crippen molar-refractivity contribution in [2.75, 3.05) is 0 Å². The zero-order chi connectivity index (χ0) is 17.1. The van der Waals surface area contributed by atoms with Crippen LogP contribution in [-0.2, 0) is 6.54 Å². The fourth-order valence-electron chi connectivity index (χ4n) is 1.97. The van der Waals surface area contributed by atoms with Crippen LogP contribution in [-0.4, -0.2) is 37.4 Å². The maximum atomic E-state index is 12.0. The number of aromatic carboxylic acids is 1. The summed E-state index contributed by atoms with van der Waals surface area (Å²) < 4.78 is 0. The van der Waals surface area contributed by atoms with Crippen LogP contribution in [0.4, 0.5) is 0 Å². The van der Waals surface area contributed by atoms with Gasteiger partial charge in [0.05, 0.1) is 5.56 Å².